The number of benzene rings is 1. The summed E-state index contributed by atoms with van der Waals surface area (Å²) in [4.78, 5) is 46.4. The molecule has 0 bridgehead atoms. The van der Waals surface area contributed by atoms with Gasteiger partial charge in [0, 0.05) is 49.8 Å². The van der Waals surface area contributed by atoms with E-state index < -0.39 is 17.1 Å². The minimum Gasteiger partial charge on any atom is -0.341 e. The summed E-state index contributed by atoms with van der Waals surface area (Å²) in [6, 6.07) is 9.20. The van der Waals surface area contributed by atoms with Crippen LogP contribution in [0.3, 0.4) is 0 Å². The quantitative estimate of drug-likeness (QED) is 0.686. The van der Waals surface area contributed by atoms with E-state index in [-0.39, 0.29) is 31.2 Å². The number of pyridine rings is 1. The topological polar surface area (TPSA) is 70.6 Å². The van der Waals surface area contributed by atoms with Gasteiger partial charge in [-0.2, -0.15) is 11.8 Å². The Morgan fingerprint density at radius 3 is 2.67 bits per heavy atom. The smallest absolute Gasteiger partial charge is 0.241 e. The van der Waals surface area contributed by atoms with Crippen molar-refractivity contribution >= 4 is 29.5 Å². The SMILES string of the molecule is O=C(CC1(c2cccc(F)c2)CC(=O)N(Cc2cccnc2)C1=O)N1CCSCC1. The van der Waals surface area contributed by atoms with Crippen LogP contribution in [0.1, 0.15) is 24.0 Å². The van der Waals surface area contributed by atoms with Crippen molar-refractivity contribution in [1.29, 1.82) is 0 Å². The van der Waals surface area contributed by atoms with Crippen LogP contribution >= 0.6 is 11.8 Å². The van der Waals surface area contributed by atoms with Gasteiger partial charge in [-0.05, 0) is 29.3 Å². The normalized spacial score (nSPS) is 21.9. The Balaban J connectivity index is 1.67. The van der Waals surface area contributed by atoms with Gasteiger partial charge in [0.25, 0.3) is 0 Å². The second kappa shape index (κ2) is 8.55. The molecule has 6 nitrogen and oxygen atoms in total. The van der Waals surface area contributed by atoms with Crippen LogP contribution in [0, 0.1) is 5.82 Å². The molecule has 0 spiro atoms. The first kappa shape index (κ1) is 20.5. The van der Waals surface area contributed by atoms with E-state index in [9.17, 15) is 18.8 Å². The molecule has 156 valence electrons. The third-order valence-corrected chi connectivity index (χ3v) is 6.61. The van der Waals surface area contributed by atoms with E-state index in [1.165, 1.54) is 23.1 Å². The first-order chi connectivity index (χ1) is 14.5. The molecule has 3 amide bonds. The molecule has 1 unspecified atom stereocenters. The number of halogens is 1. The van der Waals surface area contributed by atoms with Gasteiger partial charge in [-0.3, -0.25) is 24.3 Å². The summed E-state index contributed by atoms with van der Waals surface area (Å²) in [5.74, 6) is 0.192. The Hall–Kier alpha value is -2.74. The molecule has 2 aliphatic heterocycles. The molecule has 0 radical (unpaired) electrons. The van der Waals surface area contributed by atoms with Crippen LogP contribution in [-0.4, -0.2) is 57.1 Å². The number of hydrogen-bond donors (Lipinski definition) is 0. The minimum atomic E-state index is -1.39. The van der Waals surface area contributed by atoms with Crippen molar-refractivity contribution in [3.8, 4) is 0 Å². The zero-order chi connectivity index (χ0) is 21.1. The van der Waals surface area contributed by atoms with Crippen molar-refractivity contribution in [2.75, 3.05) is 24.6 Å². The van der Waals surface area contributed by atoms with Gasteiger partial charge in [-0.15, -0.1) is 0 Å². The number of thioether (sulfide) groups is 1. The van der Waals surface area contributed by atoms with Gasteiger partial charge in [0.05, 0.1) is 12.0 Å². The number of hydrogen-bond acceptors (Lipinski definition) is 5. The standard InChI is InChI=1S/C22H22FN3O3S/c23-18-5-1-4-17(11-18)22(12-19(27)25-7-9-30-10-8-25)13-20(28)26(21(22)29)15-16-3-2-6-24-14-16/h1-6,11,14H,7-10,12-13,15H2. The van der Waals surface area contributed by atoms with E-state index in [1.54, 1.807) is 47.3 Å². The predicted molar refractivity (Wildman–Crippen MR) is 111 cm³/mol. The number of amides is 3. The highest BCUT2D eigenvalue weighted by Crippen LogP contribution is 2.41. The molecule has 2 aliphatic rings. The number of aromatic nitrogens is 1. The van der Waals surface area contributed by atoms with Crippen molar-refractivity contribution in [3.63, 3.8) is 0 Å². The zero-order valence-corrected chi connectivity index (χ0v) is 17.2. The molecular formula is C22H22FN3O3S. The van der Waals surface area contributed by atoms with E-state index in [4.69, 9.17) is 0 Å². The van der Waals surface area contributed by atoms with Crippen molar-refractivity contribution in [2.24, 2.45) is 0 Å². The monoisotopic (exact) mass is 427 g/mol. The molecule has 0 N–H and O–H groups in total. The lowest BCUT2D eigenvalue weighted by molar-refractivity contribution is -0.143. The van der Waals surface area contributed by atoms with E-state index in [2.05, 4.69) is 4.98 Å². The maximum Gasteiger partial charge on any atom is 0.241 e. The molecule has 3 heterocycles. The van der Waals surface area contributed by atoms with E-state index in [0.29, 0.717) is 24.2 Å². The Bertz CT molecular complexity index is 965. The number of nitrogens with zero attached hydrogens (tertiary/aromatic N) is 3. The summed E-state index contributed by atoms with van der Waals surface area (Å²) in [6.07, 6.45) is 2.92. The number of carbonyl (C=O) groups is 3. The van der Waals surface area contributed by atoms with E-state index in [0.717, 1.165) is 11.5 Å². The van der Waals surface area contributed by atoms with Gasteiger partial charge < -0.3 is 4.90 Å². The molecule has 0 aliphatic carbocycles. The van der Waals surface area contributed by atoms with Crippen molar-refractivity contribution in [3.05, 3.63) is 65.7 Å². The molecule has 1 aromatic heterocycles. The molecule has 2 aromatic rings. The number of likely N-dealkylation sites (tertiary alicyclic amines) is 1. The second-order valence-electron chi connectivity index (χ2n) is 7.59. The molecule has 0 saturated carbocycles. The second-order valence-corrected chi connectivity index (χ2v) is 8.81. The first-order valence-corrected chi connectivity index (χ1v) is 11.0. The third kappa shape index (κ3) is 3.96. The maximum atomic E-state index is 14.0. The molecule has 30 heavy (non-hydrogen) atoms. The summed E-state index contributed by atoms with van der Waals surface area (Å²) in [7, 11) is 0. The largest absolute Gasteiger partial charge is 0.341 e. The molecule has 2 saturated heterocycles. The van der Waals surface area contributed by atoms with E-state index in [1.807, 2.05) is 0 Å². The summed E-state index contributed by atoms with van der Waals surface area (Å²) in [6.45, 7) is 1.31. The fourth-order valence-electron chi connectivity index (χ4n) is 4.07. The van der Waals surface area contributed by atoms with Gasteiger partial charge in [0.15, 0.2) is 0 Å². The van der Waals surface area contributed by atoms with Crippen LogP contribution in [0.2, 0.25) is 0 Å². The van der Waals surface area contributed by atoms with Crippen LogP contribution in [0.5, 0.6) is 0 Å². The molecular weight excluding hydrogens is 405 g/mol. The van der Waals surface area contributed by atoms with Gasteiger partial charge >= 0.3 is 0 Å². The number of carbonyl (C=O) groups excluding carboxylic acids is 3. The van der Waals surface area contributed by atoms with Gasteiger partial charge in [-0.1, -0.05) is 18.2 Å². The lowest BCUT2D eigenvalue weighted by Gasteiger charge is -2.32. The van der Waals surface area contributed by atoms with Gasteiger partial charge in [-0.25, -0.2) is 4.39 Å². The van der Waals surface area contributed by atoms with Crippen LogP contribution in [0.15, 0.2) is 48.8 Å². The summed E-state index contributed by atoms with van der Waals surface area (Å²) in [5, 5.41) is 0. The average molecular weight is 428 g/mol. The molecule has 1 aromatic carbocycles. The fourth-order valence-corrected chi connectivity index (χ4v) is 4.97. The Kier molecular flexibility index (Phi) is 5.85. The minimum absolute atomic E-state index is 0.0805. The van der Waals surface area contributed by atoms with Crippen molar-refractivity contribution in [2.45, 2.75) is 24.8 Å². The highest BCUT2D eigenvalue weighted by atomic mass is 32.2. The Labute approximate surface area is 178 Å². The fraction of sp³-hybridized carbons (Fsp3) is 0.364. The maximum absolute atomic E-state index is 14.0. The van der Waals surface area contributed by atoms with Crippen LogP contribution in [-0.2, 0) is 26.3 Å². The van der Waals surface area contributed by atoms with Crippen LogP contribution in [0.25, 0.3) is 0 Å². The van der Waals surface area contributed by atoms with Gasteiger partial charge in [0.1, 0.15) is 5.82 Å². The first-order valence-electron chi connectivity index (χ1n) is 9.85. The predicted octanol–water partition coefficient (Wildman–Crippen LogP) is 2.38. The van der Waals surface area contributed by atoms with E-state index >= 15 is 0 Å². The van der Waals surface area contributed by atoms with Crippen LogP contribution in [0.4, 0.5) is 4.39 Å². The summed E-state index contributed by atoms with van der Waals surface area (Å²) >= 11 is 1.78. The summed E-state index contributed by atoms with van der Waals surface area (Å²) in [5.41, 5.74) is -0.300. The number of imide groups is 1. The van der Waals surface area contributed by atoms with Crippen molar-refractivity contribution in [1.82, 2.24) is 14.8 Å². The average Bonchev–Trinajstić information content (AvgIpc) is 3.00. The zero-order valence-electron chi connectivity index (χ0n) is 16.4. The highest BCUT2D eigenvalue weighted by Gasteiger charge is 2.54. The number of rotatable bonds is 5. The van der Waals surface area contributed by atoms with Gasteiger partial charge in [0.2, 0.25) is 17.7 Å². The summed E-state index contributed by atoms with van der Waals surface area (Å²) < 4.78 is 14.0. The Morgan fingerprint density at radius 2 is 1.97 bits per heavy atom. The highest BCUT2D eigenvalue weighted by molar-refractivity contribution is 7.99. The van der Waals surface area contributed by atoms with Crippen LogP contribution < -0.4 is 0 Å². The molecule has 2 fully saturated rings. The Morgan fingerprint density at radius 1 is 1.17 bits per heavy atom. The lowest BCUT2D eigenvalue weighted by Crippen LogP contribution is -2.45. The molecule has 4 rings (SSSR count). The molecule has 1 atom stereocenters. The lowest BCUT2D eigenvalue weighted by atomic mass is 9.75. The molecule has 8 heteroatoms. The third-order valence-electron chi connectivity index (χ3n) is 5.67. The van der Waals surface area contributed by atoms with Crippen molar-refractivity contribution < 1.29 is 18.8 Å².